The van der Waals surface area contributed by atoms with Crippen LogP contribution >= 0.6 is 22.6 Å². The first-order chi connectivity index (χ1) is 7.27. The Morgan fingerprint density at radius 3 is 2.25 bits per heavy atom. The Morgan fingerprint density at radius 2 is 1.88 bits per heavy atom. The smallest absolute Gasteiger partial charge is 0.160 e. The van der Waals surface area contributed by atoms with Crippen molar-refractivity contribution in [2.75, 3.05) is 12.8 Å². The van der Waals surface area contributed by atoms with E-state index >= 15 is 0 Å². The monoisotopic (exact) mass is 335 g/mol. The van der Waals surface area contributed by atoms with Crippen molar-refractivity contribution in [3.63, 3.8) is 0 Å². The third-order valence-corrected chi connectivity index (χ3v) is 3.65. The van der Waals surface area contributed by atoms with Gasteiger partial charge in [0.15, 0.2) is 5.82 Å². The van der Waals surface area contributed by atoms with E-state index in [0.29, 0.717) is 11.6 Å². The van der Waals surface area contributed by atoms with E-state index in [2.05, 4.69) is 53.3 Å². The van der Waals surface area contributed by atoms with E-state index in [4.69, 9.17) is 10.5 Å². The van der Waals surface area contributed by atoms with Gasteiger partial charge < -0.3 is 10.5 Å². The third-order valence-electron chi connectivity index (χ3n) is 2.32. The van der Waals surface area contributed by atoms with Crippen molar-refractivity contribution in [1.29, 1.82) is 0 Å². The van der Waals surface area contributed by atoms with Crippen LogP contribution in [0.3, 0.4) is 0 Å². The minimum atomic E-state index is -0.148. The molecule has 1 aromatic heterocycles. The zero-order chi connectivity index (χ0) is 12.5. The highest BCUT2D eigenvalue weighted by molar-refractivity contribution is 14.1. The fourth-order valence-electron chi connectivity index (χ4n) is 1.57. The van der Waals surface area contributed by atoms with Crippen LogP contribution in [0.4, 0.5) is 5.82 Å². The predicted octanol–water partition coefficient (Wildman–Crippen LogP) is 2.71. The summed E-state index contributed by atoms with van der Waals surface area (Å²) in [6, 6.07) is 0. The second-order valence-electron chi connectivity index (χ2n) is 4.85. The first-order valence-electron chi connectivity index (χ1n) is 5.09. The molecule has 0 aliphatic carbocycles. The van der Waals surface area contributed by atoms with Crippen LogP contribution in [0.2, 0.25) is 0 Å². The van der Waals surface area contributed by atoms with Crippen molar-refractivity contribution in [3.8, 4) is 0 Å². The molecular formula is C11H18IN3O. The number of nitrogens with zero attached hydrogens (tertiary/aromatic N) is 2. The predicted molar refractivity (Wildman–Crippen MR) is 73.1 cm³/mol. The van der Waals surface area contributed by atoms with Gasteiger partial charge in [0.05, 0.1) is 9.26 Å². The number of methoxy groups -OCH3 is 1. The lowest BCUT2D eigenvalue weighted by Crippen LogP contribution is -2.23. The Bertz CT molecular complexity index is 364. The zero-order valence-electron chi connectivity index (χ0n) is 10.3. The van der Waals surface area contributed by atoms with Gasteiger partial charge in [0.1, 0.15) is 11.9 Å². The van der Waals surface area contributed by atoms with Crippen molar-refractivity contribution in [2.24, 2.45) is 5.41 Å². The number of aryl methyl sites for hydroxylation is 1. The van der Waals surface area contributed by atoms with E-state index in [-0.39, 0.29) is 11.5 Å². The summed E-state index contributed by atoms with van der Waals surface area (Å²) in [5, 5.41) is 0. The Balaban J connectivity index is 3.22. The van der Waals surface area contributed by atoms with Crippen molar-refractivity contribution in [3.05, 3.63) is 15.1 Å². The van der Waals surface area contributed by atoms with Gasteiger partial charge in [-0.05, 0) is 34.9 Å². The average Bonchev–Trinajstić information content (AvgIpc) is 2.12. The molecule has 90 valence electrons. The van der Waals surface area contributed by atoms with Gasteiger partial charge in [-0.3, -0.25) is 0 Å². The van der Waals surface area contributed by atoms with E-state index < -0.39 is 0 Å². The van der Waals surface area contributed by atoms with Crippen molar-refractivity contribution in [2.45, 2.75) is 33.8 Å². The van der Waals surface area contributed by atoms with Gasteiger partial charge in [-0.25, -0.2) is 9.97 Å². The van der Waals surface area contributed by atoms with Gasteiger partial charge in [0.25, 0.3) is 0 Å². The fraction of sp³-hybridized carbons (Fsp3) is 0.636. The van der Waals surface area contributed by atoms with Crippen molar-refractivity contribution >= 4 is 28.4 Å². The summed E-state index contributed by atoms with van der Waals surface area (Å²) in [5.74, 6) is 1.18. The molecule has 1 unspecified atom stereocenters. The maximum Gasteiger partial charge on any atom is 0.160 e. The minimum Gasteiger partial charge on any atom is -0.383 e. The molecule has 4 nitrogen and oxygen atoms in total. The molecule has 5 heteroatoms. The molecule has 2 N–H and O–H groups in total. The van der Waals surface area contributed by atoms with Crippen LogP contribution in [0.1, 0.15) is 38.4 Å². The summed E-state index contributed by atoms with van der Waals surface area (Å²) in [5.41, 5.74) is 6.69. The van der Waals surface area contributed by atoms with Gasteiger partial charge in [-0.1, -0.05) is 20.8 Å². The normalized spacial score (nSPS) is 13.9. The van der Waals surface area contributed by atoms with Crippen LogP contribution in [-0.4, -0.2) is 17.1 Å². The lowest BCUT2D eigenvalue weighted by Gasteiger charge is -2.28. The number of hydrogen-bond donors (Lipinski definition) is 1. The van der Waals surface area contributed by atoms with E-state index in [0.717, 1.165) is 9.26 Å². The van der Waals surface area contributed by atoms with E-state index in [1.807, 2.05) is 6.92 Å². The molecule has 1 rings (SSSR count). The van der Waals surface area contributed by atoms with E-state index in [9.17, 15) is 0 Å². The van der Waals surface area contributed by atoms with Gasteiger partial charge >= 0.3 is 0 Å². The SMILES string of the molecule is COC(c1nc(C)c(I)c(N)n1)C(C)(C)C. The second kappa shape index (κ2) is 4.83. The largest absolute Gasteiger partial charge is 0.383 e. The minimum absolute atomic E-state index is 0.0551. The Hall–Kier alpha value is -0.430. The number of anilines is 1. The van der Waals surface area contributed by atoms with Gasteiger partial charge in [-0.2, -0.15) is 0 Å². The maximum absolute atomic E-state index is 5.84. The molecule has 0 saturated heterocycles. The standard InChI is InChI=1S/C11H18IN3O/c1-6-7(12)9(13)15-10(14-6)8(16-5)11(2,3)4/h8H,1-5H3,(H2,13,14,15). The zero-order valence-corrected chi connectivity index (χ0v) is 12.5. The highest BCUT2D eigenvalue weighted by Crippen LogP contribution is 2.34. The number of rotatable bonds is 2. The first-order valence-corrected chi connectivity index (χ1v) is 6.17. The van der Waals surface area contributed by atoms with E-state index in [1.165, 1.54) is 0 Å². The number of aromatic nitrogens is 2. The van der Waals surface area contributed by atoms with E-state index in [1.54, 1.807) is 7.11 Å². The number of ether oxygens (including phenoxy) is 1. The number of hydrogen-bond acceptors (Lipinski definition) is 4. The lowest BCUT2D eigenvalue weighted by molar-refractivity contribution is 0.00863. The van der Waals surface area contributed by atoms with Crippen LogP contribution in [0.5, 0.6) is 0 Å². The van der Waals surface area contributed by atoms with Crippen LogP contribution in [0, 0.1) is 15.9 Å². The lowest BCUT2D eigenvalue weighted by atomic mass is 9.88. The molecule has 1 atom stereocenters. The number of halogens is 1. The summed E-state index contributed by atoms with van der Waals surface area (Å²) >= 11 is 2.15. The Labute approximate surface area is 110 Å². The highest BCUT2D eigenvalue weighted by atomic mass is 127. The molecule has 0 radical (unpaired) electrons. The molecule has 16 heavy (non-hydrogen) atoms. The molecule has 0 aliphatic heterocycles. The van der Waals surface area contributed by atoms with Crippen LogP contribution < -0.4 is 5.73 Å². The maximum atomic E-state index is 5.84. The van der Waals surface area contributed by atoms with Crippen LogP contribution in [0.15, 0.2) is 0 Å². The molecule has 0 bridgehead atoms. The Morgan fingerprint density at radius 1 is 1.31 bits per heavy atom. The van der Waals surface area contributed by atoms with Gasteiger partial charge in [0, 0.05) is 7.11 Å². The molecule has 0 fully saturated rings. The summed E-state index contributed by atoms with van der Waals surface area (Å²) in [6.07, 6.45) is -0.148. The number of nitrogens with two attached hydrogens (primary N) is 1. The first kappa shape index (κ1) is 13.6. The molecule has 0 saturated carbocycles. The highest BCUT2D eigenvalue weighted by Gasteiger charge is 2.29. The summed E-state index contributed by atoms with van der Waals surface area (Å²) in [6.45, 7) is 8.20. The quantitative estimate of drug-likeness (QED) is 0.844. The topological polar surface area (TPSA) is 61.0 Å². The third kappa shape index (κ3) is 2.82. The second-order valence-corrected chi connectivity index (χ2v) is 5.93. The molecule has 0 spiro atoms. The van der Waals surface area contributed by atoms with Gasteiger partial charge in [-0.15, -0.1) is 0 Å². The summed E-state index contributed by atoms with van der Waals surface area (Å²) in [7, 11) is 1.67. The molecule has 1 aromatic rings. The molecular weight excluding hydrogens is 317 g/mol. The summed E-state index contributed by atoms with van der Waals surface area (Å²) < 4.78 is 6.38. The van der Waals surface area contributed by atoms with Crippen LogP contribution in [-0.2, 0) is 4.74 Å². The number of nitrogen functional groups attached to an aromatic ring is 1. The van der Waals surface area contributed by atoms with Crippen LogP contribution in [0.25, 0.3) is 0 Å². The molecule has 0 amide bonds. The van der Waals surface area contributed by atoms with Gasteiger partial charge in [0.2, 0.25) is 0 Å². The van der Waals surface area contributed by atoms with Crippen molar-refractivity contribution < 1.29 is 4.74 Å². The Kier molecular flexibility index (Phi) is 4.12. The molecule has 1 heterocycles. The summed E-state index contributed by atoms with van der Waals surface area (Å²) in [4.78, 5) is 8.75. The average molecular weight is 335 g/mol. The molecule has 0 aliphatic rings. The fourth-order valence-corrected chi connectivity index (χ4v) is 1.81. The van der Waals surface area contributed by atoms with Crippen molar-refractivity contribution in [1.82, 2.24) is 9.97 Å². The molecule has 0 aromatic carbocycles.